The molecule has 166 valence electrons. The van der Waals surface area contributed by atoms with Gasteiger partial charge in [0.15, 0.2) is 0 Å². The highest BCUT2D eigenvalue weighted by Gasteiger charge is 2.50. The van der Waals surface area contributed by atoms with E-state index in [1.165, 1.54) is 17.0 Å². The molecule has 0 saturated carbocycles. The number of carbonyl (C=O) groups is 2. The van der Waals surface area contributed by atoms with E-state index in [0.717, 1.165) is 5.56 Å². The Bertz CT molecular complexity index is 1200. The number of hydrogen-bond donors (Lipinski definition) is 2. The summed E-state index contributed by atoms with van der Waals surface area (Å²) in [5, 5.41) is 15.1. The molecular weight excluding hydrogens is 433 g/mol. The first-order valence-electron chi connectivity index (χ1n) is 10.2. The number of carbonyl (C=O) groups excluding carboxylic acids is 2. The third-order valence-electron chi connectivity index (χ3n) is 6.45. The van der Waals surface area contributed by atoms with E-state index in [1.54, 1.807) is 49.5 Å². The van der Waals surface area contributed by atoms with Crippen molar-refractivity contribution in [1.29, 1.82) is 0 Å². The monoisotopic (exact) mass is 455 g/mol. The lowest BCUT2D eigenvalue weighted by Gasteiger charge is -2.50. The van der Waals surface area contributed by atoms with Crippen LogP contribution in [-0.2, 0) is 15.0 Å². The van der Waals surface area contributed by atoms with E-state index in [4.69, 9.17) is 11.6 Å². The van der Waals surface area contributed by atoms with Gasteiger partial charge in [-0.15, -0.1) is 0 Å². The molecule has 0 spiro atoms. The highest BCUT2D eigenvalue weighted by atomic mass is 35.5. The Morgan fingerprint density at radius 3 is 2.56 bits per heavy atom. The van der Waals surface area contributed by atoms with E-state index in [-0.39, 0.29) is 18.9 Å². The lowest BCUT2D eigenvalue weighted by Crippen LogP contribution is -2.62. The van der Waals surface area contributed by atoms with Crippen molar-refractivity contribution in [3.05, 3.63) is 71.1 Å². The van der Waals surface area contributed by atoms with Crippen LogP contribution in [0.25, 0.3) is 10.9 Å². The Kier molecular flexibility index (Phi) is 5.65. The number of rotatable bonds is 2. The number of amides is 2. The molecule has 1 aromatic heterocycles. The first-order valence-corrected chi connectivity index (χ1v) is 10.6. The van der Waals surface area contributed by atoms with Gasteiger partial charge in [-0.25, -0.2) is 4.39 Å². The van der Waals surface area contributed by atoms with Crippen molar-refractivity contribution in [2.24, 2.45) is 0 Å². The van der Waals surface area contributed by atoms with Gasteiger partial charge in [-0.3, -0.25) is 14.6 Å². The van der Waals surface area contributed by atoms with Gasteiger partial charge in [0, 0.05) is 34.3 Å². The molecule has 1 fully saturated rings. The molecule has 32 heavy (non-hydrogen) atoms. The van der Waals surface area contributed by atoms with E-state index >= 15 is 0 Å². The first kappa shape index (κ1) is 22.2. The molecule has 1 saturated heterocycles. The molecule has 2 N–H and O–H groups in total. The van der Waals surface area contributed by atoms with E-state index in [1.807, 2.05) is 6.92 Å². The summed E-state index contributed by atoms with van der Waals surface area (Å²) in [5.41, 5.74) is -0.328. The Hall–Kier alpha value is -3.03. The number of fused-ring (bicyclic) bond motifs is 1. The molecule has 0 unspecified atom stereocenters. The molecule has 2 heterocycles. The van der Waals surface area contributed by atoms with Crippen LogP contribution in [0, 0.1) is 5.82 Å². The lowest BCUT2D eigenvalue weighted by atomic mass is 9.64. The maximum absolute atomic E-state index is 14.0. The number of benzene rings is 2. The summed E-state index contributed by atoms with van der Waals surface area (Å²) in [5.74, 6) is -1.91. The number of nitrogens with zero attached hydrogens (tertiary/aromatic N) is 2. The summed E-state index contributed by atoms with van der Waals surface area (Å²) < 4.78 is 14.0. The predicted molar refractivity (Wildman–Crippen MR) is 121 cm³/mol. The number of anilines is 1. The maximum atomic E-state index is 14.0. The summed E-state index contributed by atoms with van der Waals surface area (Å²) in [6, 6.07) is 12.6. The van der Waals surface area contributed by atoms with Crippen LogP contribution in [0.5, 0.6) is 0 Å². The Balaban J connectivity index is 1.57. The minimum absolute atomic E-state index is 0.0461. The first-order chi connectivity index (χ1) is 15.1. The van der Waals surface area contributed by atoms with Gasteiger partial charge >= 0.3 is 11.8 Å². The molecule has 0 aliphatic carbocycles. The minimum atomic E-state index is -1.37. The quantitative estimate of drug-likeness (QED) is 0.574. The summed E-state index contributed by atoms with van der Waals surface area (Å²) in [4.78, 5) is 30.9. The number of piperidine rings is 1. The second kappa shape index (κ2) is 8.15. The number of likely N-dealkylation sites (tertiary alicyclic amines) is 1. The van der Waals surface area contributed by atoms with Crippen LogP contribution in [0.2, 0.25) is 5.02 Å². The lowest BCUT2D eigenvalue weighted by molar-refractivity contribution is -0.151. The molecule has 2 atom stereocenters. The zero-order chi connectivity index (χ0) is 23.1. The number of hydrogen-bond acceptors (Lipinski definition) is 4. The van der Waals surface area contributed by atoms with Crippen LogP contribution in [0.3, 0.4) is 0 Å². The number of nitrogens with one attached hydrogen (secondary N) is 1. The summed E-state index contributed by atoms with van der Waals surface area (Å²) in [6.07, 6.45) is 2.02. The number of pyridine rings is 1. The SMILES string of the molecule is C[C@]1(O)CN(C(=O)C(=O)Nc2ccc(Cl)cc2)CC[C@]1(C)c1ccnc2ccc(F)cc12. The average Bonchev–Trinajstić information content (AvgIpc) is 2.76. The molecule has 3 aromatic rings. The van der Waals surface area contributed by atoms with Crippen molar-refractivity contribution < 1.29 is 19.1 Å². The van der Waals surface area contributed by atoms with E-state index in [9.17, 15) is 19.1 Å². The molecule has 8 heteroatoms. The second-order valence-electron chi connectivity index (χ2n) is 8.56. The van der Waals surface area contributed by atoms with Crippen LogP contribution >= 0.6 is 11.6 Å². The van der Waals surface area contributed by atoms with Crippen molar-refractivity contribution in [2.45, 2.75) is 31.3 Å². The zero-order valence-corrected chi connectivity index (χ0v) is 18.5. The smallest absolute Gasteiger partial charge is 0.313 e. The number of aliphatic hydroxyl groups is 1. The van der Waals surface area contributed by atoms with Crippen molar-refractivity contribution in [3.63, 3.8) is 0 Å². The summed E-state index contributed by atoms with van der Waals surface area (Å²) in [7, 11) is 0. The third kappa shape index (κ3) is 3.94. The van der Waals surface area contributed by atoms with Gasteiger partial charge in [0.2, 0.25) is 0 Å². The van der Waals surface area contributed by atoms with Gasteiger partial charge in [-0.1, -0.05) is 18.5 Å². The average molecular weight is 456 g/mol. The van der Waals surface area contributed by atoms with Crippen molar-refractivity contribution in [2.75, 3.05) is 18.4 Å². The van der Waals surface area contributed by atoms with Crippen LogP contribution in [-0.4, -0.2) is 45.5 Å². The van der Waals surface area contributed by atoms with E-state index in [0.29, 0.717) is 28.0 Å². The molecule has 6 nitrogen and oxygen atoms in total. The highest BCUT2D eigenvalue weighted by molar-refractivity contribution is 6.39. The summed E-state index contributed by atoms with van der Waals surface area (Å²) >= 11 is 5.85. The molecular formula is C24H23ClFN3O3. The van der Waals surface area contributed by atoms with Crippen LogP contribution in [0.1, 0.15) is 25.8 Å². The van der Waals surface area contributed by atoms with Gasteiger partial charge in [0.05, 0.1) is 17.7 Å². The zero-order valence-electron chi connectivity index (χ0n) is 17.7. The number of halogens is 2. The van der Waals surface area contributed by atoms with E-state index < -0.39 is 22.8 Å². The van der Waals surface area contributed by atoms with Crippen molar-refractivity contribution in [1.82, 2.24) is 9.88 Å². The molecule has 0 radical (unpaired) electrons. The number of aromatic nitrogens is 1. The topological polar surface area (TPSA) is 82.5 Å². The predicted octanol–water partition coefficient (Wildman–Crippen LogP) is 3.91. The van der Waals surface area contributed by atoms with Crippen LogP contribution < -0.4 is 5.32 Å². The van der Waals surface area contributed by atoms with Crippen molar-refractivity contribution >= 4 is 40.0 Å². The fourth-order valence-electron chi connectivity index (χ4n) is 4.31. The fraction of sp³-hybridized carbons (Fsp3) is 0.292. The Morgan fingerprint density at radius 2 is 1.88 bits per heavy atom. The van der Waals surface area contributed by atoms with Gasteiger partial charge in [0.1, 0.15) is 5.82 Å². The standard InChI is InChI=1S/C24H23ClFN3O3/c1-23(19-9-11-27-20-8-5-16(26)13-18(19)20)10-12-29(14-24(23,2)32)22(31)21(30)28-17-6-3-15(25)4-7-17/h3-9,11,13,32H,10,12,14H2,1-2H3,(H,28,30)/t23-,24+/m1/s1. The van der Waals surface area contributed by atoms with E-state index in [2.05, 4.69) is 10.3 Å². The third-order valence-corrected chi connectivity index (χ3v) is 6.70. The Morgan fingerprint density at radius 1 is 1.16 bits per heavy atom. The summed E-state index contributed by atoms with van der Waals surface area (Å²) in [6.45, 7) is 3.74. The van der Waals surface area contributed by atoms with Gasteiger partial charge < -0.3 is 15.3 Å². The Labute approximate surface area is 190 Å². The maximum Gasteiger partial charge on any atom is 0.313 e. The second-order valence-corrected chi connectivity index (χ2v) is 9.00. The largest absolute Gasteiger partial charge is 0.387 e. The molecule has 0 bridgehead atoms. The van der Waals surface area contributed by atoms with Crippen molar-refractivity contribution in [3.8, 4) is 0 Å². The molecule has 2 aromatic carbocycles. The molecule has 1 aliphatic rings. The normalized spacial score (nSPS) is 23.2. The fourth-order valence-corrected chi connectivity index (χ4v) is 4.44. The van der Waals surface area contributed by atoms with Gasteiger partial charge in [-0.05, 0) is 67.4 Å². The molecule has 1 aliphatic heterocycles. The molecule has 2 amide bonds. The minimum Gasteiger partial charge on any atom is -0.387 e. The van der Waals surface area contributed by atoms with Gasteiger partial charge in [0.25, 0.3) is 0 Å². The highest BCUT2D eigenvalue weighted by Crippen LogP contribution is 2.44. The van der Waals surface area contributed by atoms with Crippen LogP contribution in [0.4, 0.5) is 10.1 Å². The molecule has 4 rings (SSSR count). The van der Waals surface area contributed by atoms with Gasteiger partial charge in [-0.2, -0.15) is 0 Å². The number of β-amino-alcohol motifs (C(OH)–C–C–N with tert-alkyl or cyclic N) is 1. The van der Waals surface area contributed by atoms with Crippen LogP contribution in [0.15, 0.2) is 54.7 Å².